The lowest BCUT2D eigenvalue weighted by atomic mass is 10.1. The summed E-state index contributed by atoms with van der Waals surface area (Å²) in [5.74, 6) is 1.45. The van der Waals surface area contributed by atoms with Crippen molar-refractivity contribution in [2.45, 2.75) is 38.0 Å². The summed E-state index contributed by atoms with van der Waals surface area (Å²) < 4.78 is 16.6. The molecule has 0 radical (unpaired) electrons. The van der Waals surface area contributed by atoms with Gasteiger partial charge in [0.25, 0.3) is 0 Å². The molecule has 152 valence electrons. The van der Waals surface area contributed by atoms with Gasteiger partial charge < -0.3 is 19.3 Å². The number of aliphatic hydroxyl groups excluding tert-OH is 1. The monoisotopic (exact) mass is 385 g/mol. The summed E-state index contributed by atoms with van der Waals surface area (Å²) in [6, 6.07) is 16.1. The Morgan fingerprint density at radius 1 is 1.07 bits per heavy atom. The lowest BCUT2D eigenvalue weighted by Crippen LogP contribution is -2.38. The Balaban J connectivity index is 1.67. The second-order valence-corrected chi connectivity index (χ2v) is 7.36. The molecule has 2 aromatic carbocycles. The molecule has 1 aliphatic heterocycles. The molecule has 1 aliphatic rings. The van der Waals surface area contributed by atoms with E-state index in [2.05, 4.69) is 17.0 Å². The van der Waals surface area contributed by atoms with E-state index in [0.29, 0.717) is 13.0 Å². The topological polar surface area (TPSA) is 51.2 Å². The minimum atomic E-state index is -0.427. The summed E-state index contributed by atoms with van der Waals surface area (Å²) in [5, 5.41) is 10.7. The van der Waals surface area contributed by atoms with Crippen LogP contribution in [0.4, 0.5) is 0 Å². The highest BCUT2D eigenvalue weighted by Crippen LogP contribution is 2.28. The molecule has 0 unspecified atom stereocenters. The van der Waals surface area contributed by atoms with E-state index in [9.17, 15) is 5.11 Å². The van der Waals surface area contributed by atoms with Crippen LogP contribution in [0.1, 0.15) is 24.0 Å². The molecule has 0 saturated carbocycles. The van der Waals surface area contributed by atoms with Crippen LogP contribution in [0.2, 0.25) is 0 Å². The van der Waals surface area contributed by atoms with Crippen molar-refractivity contribution in [1.82, 2.24) is 4.90 Å². The van der Waals surface area contributed by atoms with Crippen LogP contribution in [0.5, 0.6) is 11.5 Å². The first-order valence-corrected chi connectivity index (χ1v) is 9.94. The largest absolute Gasteiger partial charge is 0.493 e. The molecule has 0 amide bonds. The van der Waals surface area contributed by atoms with Crippen LogP contribution in [-0.4, -0.2) is 56.1 Å². The van der Waals surface area contributed by atoms with E-state index < -0.39 is 6.10 Å². The molecule has 1 N–H and O–H groups in total. The Bertz CT molecular complexity index is 716. The van der Waals surface area contributed by atoms with E-state index in [1.165, 1.54) is 0 Å². The Kier molecular flexibility index (Phi) is 7.71. The molecule has 1 saturated heterocycles. The second-order valence-electron chi connectivity index (χ2n) is 7.36. The first-order valence-electron chi connectivity index (χ1n) is 9.94. The highest BCUT2D eigenvalue weighted by Gasteiger charge is 2.22. The molecule has 2 aromatic rings. The third-order valence-electron chi connectivity index (χ3n) is 5.12. The van der Waals surface area contributed by atoms with Crippen molar-refractivity contribution in [2.24, 2.45) is 0 Å². The van der Waals surface area contributed by atoms with Crippen LogP contribution in [0.3, 0.4) is 0 Å². The van der Waals surface area contributed by atoms with Gasteiger partial charge in [-0.3, -0.25) is 4.90 Å². The highest BCUT2D eigenvalue weighted by molar-refractivity contribution is 5.42. The molecule has 5 heteroatoms. The van der Waals surface area contributed by atoms with Crippen LogP contribution >= 0.6 is 0 Å². The predicted octanol–water partition coefficient (Wildman–Crippen LogP) is 3.29. The molecule has 1 heterocycles. The normalized spacial score (nSPS) is 17.6. The first kappa shape index (κ1) is 20.6. The number of aliphatic hydroxyl groups is 1. The average molecular weight is 386 g/mol. The molecule has 0 aromatic heterocycles. The standard InChI is InChI=1S/C23H31NO4/c1-26-22-11-10-19(14-23(22)27-2)15-24(17-21-9-6-12-28-21)16-20(25)13-18-7-4-3-5-8-18/h3-5,7-8,10-11,14,20-21,25H,6,9,12-13,15-17H2,1-2H3/t20-,21+/m0/s1. The van der Waals surface area contributed by atoms with E-state index in [4.69, 9.17) is 14.2 Å². The summed E-state index contributed by atoms with van der Waals surface area (Å²) in [7, 11) is 3.29. The van der Waals surface area contributed by atoms with Gasteiger partial charge >= 0.3 is 0 Å². The minimum Gasteiger partial charge on any atom is -0.493 e. The van der Waals surface area contributed by atoms with Gasteiger partial charge in [-0.2, -0.15) is 0 Å². The number of hydrogen-bond donors (Lipinski definition) is 1. The van der Waals surface area contributed by atoms with Gasteiger partial charge in [0.05, 0.1) is 26.4 Å². The molecule has 0 aliphatic carbocycles. The van der Waals surface area contributed by atoms with Gasteiger partial charge in [-0.1, -0.05) is 36.4 Å². The lowest BCUT2D eigenvalue weighted by molar-refractivity contribution is 0.0464. The summed E-state index contributed by atoms with van der Waals surface area (Å²) >= 11 is 0. The molecule has 2 atom stereocenters. The fraction of sp³-hybridized carbons (Fsp3) is 0.478. The number of ether oxygens (including phenoxy) is 3. The van der Waals surface area contributed by atoms with E-state index in [1.54, 1.807) is 14.2 Å². The van der Waals surface area contributed by atoms with E-state index >= 15 is 0 Å². The number of methoxy groups -OCH3 is 2. The zero-order valence-corrected chi connectivity index (χ0v) is 16.8. The Morgan fingerprint density at radius 2 is 1.86 bits per heavy atom. The van der Waals surface area contributed by atoms with Gasteiger partial charge in [0.1, 0.15) is 0 Å². The Morgan fingerprint density at radius 3 is 2.54 bits per heavy atom. The van der Waals surface area contributed by atoms with Gasteiger partial charge in [0.2, 0.25) is 0 Å². The third-order valence-corrected chi connectivity index (χ3v) is 5.12. The van der Waals surface area contributed by atoms with E-state index in [0.717, 1.165) is 55.2 Å². The Labute approximate surface area is 167 Å². The maximum absolute atomic E-state index is 10.7. The average Bonchev–Trinajstić information content (AvgIpc) is 3.21. The van der Waals surface area contributed by atoms with Crippen LogP contribution in [0.15, 0.2) is 48.5 Å². The van der Waals surface area contributed by atoms with Gasteiger partial charge in [-0.05, 0) is 42.5 Å². The van der Waals surface area contributed by atoms with Crippen molar-refractivity contribution < 1.29 is 19.3 Å². The third kappa shape index (κ3) is 5.96. The molecule has 0 spiro atoms. The van der Waals surface area contributed by atoms with Crippen molar-refractivity contribution in [3.63, 3.8) is 0 Å². The molecule has 5 nitrogen and oxygen atoms in total. The number of nitrogens with zero attached hydrogens (tertiary/aromatic N) is 1. The summed E-state index contributed by atoms with van der Waals surface area (Å²) in [4.78, 5) is 2.28. The minimum absolute atomic E-state index is 0.240. The van der Waals surface area contributed by atoms with Gasteiger partial charge in [-0.25, -0.2) is 0 Å². The van der Waals surface area contributed by atoms with Gasteiger partial charge in [0, 0.05) is 26.2 Å². The maximum Gasteiger partial charge on any atom is 0.161 e. The van der Waals surface area contributed by atoms with Crippen molar-refractivity contribution in [2.75, 3.05) is 33.9 Å². The van der Waals surface area contributed by atoms with E-state index in [1.807, 2.05) is 36.4 Å². The quantitative estimate of drug-likeness (QED) is 0.680. The molecule has 3 rings (SSSR count). The SMILES string of the molecule is COc1ccc(CN(C[C@@H](O)Cc2ccccc2)C[C@H]2CCCO2)cc1OC. The van der Waals surface area contributed by atoms with Crippen LogP contribution in [0.25, 0.3) is 0 Å². The van der Waals surface area contributed by atoms with Crippen molar-refractivity contribution in [1.29, 1.82) is 0 Å². The smallest absolute Gasteiger partial charge is 0.161 e. The van der Waals surface area contributed by atoms with Crippen molar-refractivity contribution in [3.8, 4) is 11.5 Å². The van der Waals surface area contributed by atoms with Crippen LogP contribution < -0.4 is 9.47 Å². The number of hydrogen-bond acceptors (Lipinski definition) is 5. The molecule has 1 fully saturated rings. The van der Waals surface area contributed by atoms with E-state index in [-0.39, 0.29) is 6.10 Å². The first-order chi connectivity index (χ1) is 13.7. The van der Waals surface area contributed by atoms with Crippen molar-refractivity contribution in [3.05, 3.63) is 59.7 Å². The fourth-order valence-electron chi connectivity index (χ4n) is 3.77. The highest BCUT2D eigenvalue weighted by atomic mass is 16.5. The number of benzene rings is 2. The zero-order valence-electron chi connectivity index (χ0n) is 16.8. The second kappa shape index (κ2) is 10.5. The number of rotatable bonds is 10. The predicted molar refractivity (Wildman–Crippen MR) is 110 cm³/mol. The van der Waals surface area contributed by atoms with Gasteiger partial charge in [-0.15, -0.1) is 0 Å². The van der Waals surface area contributed by atoms with Crippen LogP contribution in [0, 0.1) is 0 Å². The summed E-state index contributed by atoms with van der Waals surface area (Å²) in [6.07, 6.45) is 2.65. The molecular formula is C23H31NO4. The zero-order chi connectivity index (χ0) is 19.8. The molecule has 0 bridgehead atoms. The molecular weight excluding hydrogens is 354 g/mol. The maximum atomic E-state index is 10.7. The molecule has 28 heavy (non-hydrogen) atoms. The van der Waals surface area contributed by atoms with Gasteiger partial charge in [0.15, 0.2) is 11.5 Å². The Hall–Kier alpha value is -2.08. The van der Waals surface area contributed by atoms with Crippen molar-refractivity contribution >= 4 is 0 Å². The fourth-order valence-corrected chi connectivity index (χ4v) is 3.77. The lowest BCUT2D eigenvalue weighted by Gasteiger charge is -2.28. The summed E-state index contributed by atoms with van der Waals surface area (Å²) in [5.41, 5.74) is 2.28. The summed E-state index contributed by atoms with van der Waals surface area (Å²) in [6.45, 7) is 2.98. The van der Waals surface area contributed by atoms with Crippen LogP contribution in [-0.2, 0) is 17.7 Å².